The van der Waals surface area contributed by atoms with Crippen LogP contribution in [0.15, 0.2) is 0 Å². The normalized spacial score (nSPS) is 23.9. The minimum absolute atomic E-state index is 0.303. The van der Waals surface area contributed by atoms with E-state index in [9.17, 15) is 9.32 Å². The van der Waals surface area contributed by atoms with Crippen molar-refractivity contribution < 1.29 is 23.7 Å². The van der Waals surface area contributed by atoms with Crippen LogP contribution in [0.5, 0.6) is 0 Å². The molecule has 6 nitrogen and oxygen atoms in total. The third-order valence-corrected chi connectivity index (χ3v) is 2.81. The Labute approximate surface area is 106 Å². The number of halogens is 1. The van der Waals surface area contributed by atoms with Crippen LogP contribution in [-0.4, -0.2) is 52.0 Å². The maximum atomic E-state index is 11.4. The van der Waals surface area contributed by atoms with E-state index >= 15 is 0 Å². The summed E-state index contributed by atoms with van der Waals surface area (Å²) in [5, 5.41) is 3.28. The van der Waals surface area contributed by atoms with Crippen LogP contribution in [0, 0.1) is 11.8 Å². The van der Waals surface area contributed by atoms with Gasteiger partial charge in [-0.25, -0.2) is 4.79 Å². The van der Waals surface area contributed by atoms with Crippen molar-refractivity contribution in [2.24, 2.45) is 17.6 Å². The predicted molar refractivity (Wildman–Crippen MR) is 62.4 cm³/mol. The molecule has 1 rings (SSSR count). The summed E-state index contributed by atoms with van der Waals surface area (Å²) >= 11 is 0. The van der Waals surface area contributed by atoms with E-state index in [2.05, 4.69) is 10.3 Å². The molecule has 0 amide bonds. The van der Waals surface area contributed by atoms with Gasteiger partial charge in [0.2, 0.25) is 0 Å². The fourth-order valence-corrected chi connectivity index (χ4v) is 2.05. The van der Waals surface area contributed by atoms with E-state index < -0.39 is 5.97 Å². The Hall–Kier alpha value is -0.760. The second-order valence-corrected chi connectivity index (χ2v) is 4.45. The van der Waals surface area contributed by atoms with Gasteiger partial charge in [0, 0.05) is 24.2 Å². The first-order valence-corrected chi connectivity index (χ1v) is 6.14. The lowest BCUT2D eigenvalue weighted by molar-refractivity contribution is -0.189. The molecule has 1 aliphatic rings. The quantitative estimate of drug-likeness (QED) is 0.582. The lowest BCUT2D eigenvalue weighted by Crippen LogP contribution is -2.40. The Bertz CT molecular complexity index is 243. The summed E-state index contributed by atoms with van der Waals surface area (Å²) in [6, 6.07) is 0. The van der Waals surface area contributed by atoms with Crippen LogP contribution in [0.4, 0.5) is 4.53 Å². The fraction of sp³-hybridized carbons (Fsp3) is 0.909. The van der Waals surface area contributed by atoms with Crippen LogP contribution in [0.3, 0.4) is 0 Å². The van der Waals surface area contributed by atoms with E-state index in [0.29, 0.717) is 38.2 Å². The molecule has 1 saturated heterocycles. The van der Waals surface area contributed by atoms with Gasteiger partial charge in [0.05, 0.1) is 19.8 Å². The standard InChI is InChI=1S/C11H21FN2O4/c12-18-11(15)8-17-7-10-3-9(4-14-5-10)6-16-2-1-13/h9-10,14H,1-8,13H2. The largest absolute Gasteiger partial charge is 0.380 e. The topological polar surface area (TPSA) is 82.8 Å². The number of rotatable bonds is 8. The zero-order valence-corrected chi connectivity index (χ0v) is 10.4. The van der Waals surface area contributed by atoms with Crippen LogP contribution < -0.4 is 11.1 Å². The molecule has 0 aromatic heterocycles. The first-order valence-electron chi connectivity index (χ1n) is 6.14. The fourth-order valence-electron chi connectivity index (χ4n) is 2.05. The summed E-state index contributed by atoms with van der Waals surface area (Å²) < 4.78 is 21.9. The summed E-state index contributed by atoms with van der Waals surface area (Å²) in [7, 11) is 0. The van der Waals surface area contributed by atoms with Crippen molar-refractivity contribution in [3.63, 3.8) is 0 Å². The minimum Gasteiger partial charge on any atom is -0.380 e. The van der Waals surface area contributed by atoms with E-state index in [1.54, 1.807) is 0 Å². The summed E-state index contributed by atoms with van der Waals surface area (Å²) in [4.78, 5) is 13.5. The van der Waals surface area contributed by atoms with E-state index in [4.69, 9.17) is 15.2 Å². The zero-order valence-electron chi connectivity index (χ0n) is 10.4. The lowest BCUT2D eigenvalue weighted by atomic mass is 9.91. The molecule has 0 aliphatic carbocycles. The van der Waals surface area contributed by atoms with Gasteiger partial charge in [-0.05, 0) is 18.3 Å². The maximum absolute atomic E-state index is 11.4. The summed E-state index contributed by atoms with van der Waals surface area (Å²) in [5.41, 5.74) is 5.34. The number of carbonyl (C=O) groups is 1. The number of hydrogen-bond acceptors (Lipinski definition) is 6. The van der Waals surface area contributed by atoms with Gasteiger partial charge >= 0.3 is 5.97 Å². The maximum Gasteiger partial charge on any atom is 0.374 e. The molecule has 2 atom stereocenters. The van der Waals surface area contributed by atoms with Crippen molar-refractivity contribution in [2.45, 2.75) is 6.42 Å². The Morgan fingerprint density at radius 1 is 1.28 bits per heavy atom. The van der Waals surface area contributed by atoms with Crippen molar-refractivity contribution in [1.82, 2.24) is 5.32 Å². The molecule has 18 heavy (non-hydrogen) atoms. The van der Waals surface area contributed by atoms with Crippen molar-refractivity contribution in [3.05, 3.63) is 0 Å². The van der Waals surface area contributed by atoms with Gasteiger partial charge < -0.3 is 20.5 Å². The molecule has 0 bridgehead atoms. The van der Waals surface area contributed by atoms with E-state index in [-0.39, 0.29) is 6.61 Å². The highest BCUT2D eigenvalue weighted by Crippen LogP contribution is 2.17. The van der Waals surface area contributed by atoms with Gasteiger partial charge in [-0.1, -0.05) is 0 Å². The van der Waals surface area contributed by atoms with Gasteiger partial charge in [0.25, 0.3) is 0 Å². The van der Waals surface area contributed by atoms with Crippen LogP contribution >= 0.6 is 0 Å². The number of nitrogens with two attached hydrogens (primary N) is 1. The highest BCUT2D eigenvalue weighted by Gasteiger charge is 2.22. The Kier molecular flexibility index (Phi) is 7.83. The van der Waals surface area contributed by atoms with Crippen molar-refractivity contribution in [3.8, 4) is 0 Å². The van der Waals surface area contributed by atoms with Crippen LogP contribution in [0.2, 0.25) is 0 Å². The van der Waals surface area contributed by atoms with Gasteiger partial charge in [-0.2, -0.15) is 0 Å². The molecule has 2 unspecified atom stereocenters. The molecule has 0 saturated carbocycles. The monoisotopic (exact) mass is 264 g/mol. The third kappa shape index (κ3) is 6.25. The smallest absolute Gasteiger partial charge is 0.374 e. The van der Waals surface area contributed by atoms with Crippen molar-refractivity contribution >= 4 is 5.97 Å². The first kappa shape index (κ1) is 15.3. The Morgan fingerprint density at radius 2 is 1.94 bits per heavy atom. The number of hydrogen-bond donors (Lipinski definition) is 2. The summed E-state index contributed by atoms with van der Waals surface area (Å²) in [6.45, 7) is 3.58. The number of carbonyl (C=O) groups excluding carboxylic acids is 1. The van der Waals surface area contributed by atoms with E-state index in [1.807, 2.05) is 0 Å². The molecule has 106 valence electrons. The zero-order chi connectivity index (χ0) is 13.2. The van der Waals surface area contributed by atoms with Gasteiger partial charge in [0.15, 0.2) is 0 Å². The highest BCUT2D eigenvalue weighted by molar-refractivity contribution is 5.69. The molecule has 0 radical (unpaired) electrons. The SMILES string of the molecule is NCCOCC1CNCC(COCC(=O)OF)C1. The van der Waals surface area contributed by atoms with Crippen LogP contribution in [0.25, 0.3) is 0 Å². The molecular formula is C11H21FN2O4. The Morgan fingerprint density at radius 3 is 2.56 bits per heavy atom. The van der Waals surface area contributed by atoms with Gasteiger partial charge in [0.1, 0.15) is 6.61 Å². The second kappa shape index (κ2) is 9.21. The summed E-state index contributed by atoms with van der Waals surface area (Å²) in [6.07, 6.45) is 0.961. The summed E-state index contributed by atoms with van der Waals surface area (Å²) in [5.74, 6) is -0.272. The number of nitrogens with one attached hydrogen (secondary N) is 1. The molecule has 3 N–H and O–H groups in total. The molecule has 1 heterocycles. The average molecular weight is 264 g/mol. The van der Waals surface area contributed by atoms with Crippen LogP contribution in [0.1, 0.15) is 6.42 Å². The average Bonchev–Trinajstić information content (AvgIpc) is 2.39. The lowest BCUT2D eigenvalue weighted by Gasteiger charge is -2.29. The molecule has 0 aromatic carbocycles. The highest BCUT2D eigenvalue weighted by atomic mass is 19.3. The van der Waals surface area contributed by atoms with Crippen molar-refractivity contribution in [2.75, 3.05) is 46.1 Å². The molecular weight excluding hydrogens is 243 g/mol. The number of piperidine rings is 1. The predicted octanol–water partition coefficient (Wildman–Crippen LogP) is -0.368. The molecule has 1 fully saturated rings. The first-order chi connectivity index (χ1) is 8.76. The molecule has 7 heteroatoms. The van der Waals surface area contributed by atoms with Gasteiger partial charge in [-0.3, -0.25) is 4.94 Å². The molecule has 0 aromatic rings. The Balaban J connectivity index is 2.12. The number of ether oxygens (including phenoxy) is 2. The van der Waals surface area contributed by atoms with Gasteiger partial charge in [-0.15, -0.1) is 0 Å². The third-order valence-electron chi connectivity index (χ3n) is 2.81. The molecule has 0 spiro atoms. The van der Waals surface area contributed by atoms with Crippen LogP contribution in [-0.2, 0) is 19.2 Å². The minimum atomic E-state index is -0.999. The molecule has 1 aliphatic heterocycles. The van der Waals surface area contributed by atoms with Crippen molar-refractivity contribution in [1.29, 1.82) is 0 Å². The second-order valence-electron chi connectivity index (χ2n) is 4.45. The van der Waals surface area contributed by atoms with E-state index in [0.717, 1.165) is 19.5 Å². The van der Waals surface area contributed by atoms with E-state index in [1.165, 1.54) is 0 Å².